The number of nitrogens with zero attached hydrogens (tertiary/aromatic N) is 2. The van der Waals surface area contributed by atoms with Crippen molar-refractivity contribution in [1.29, 1.82) is 0 Å². The fraction of sp³-hybridized carbons (Fsp3) is 0.654. The second kappa shape index (κ2) is 11.3. The van der Waals surface area contributed by atoms with Gasteiger partial charge in [0.15, 0.2) is 0 Å². The summed E-state index contributed by atoms with van der Waals surface area (Å²) in [7, 11) is 0. The van der Waals surface area contributed by atoms with Crippen LogP contribution in [0.1, 0.15) is 59.8 Å². The first-order chi connectivity index (χ1) is 16.5. The minimum absolute atomic E-state index is 0.0251. The monoisotopic (exact) mass is 489 g/mol. The summed E-state index contributed by atoms with van der Waals surface area (Å²) in [6.07, 6.45) is 1.56. The molecule has 194 valence electrons. The Morgan fingerprint density at radius 3 is 2.20 bits per heavy atom. The minimum atomic E-state index is -1.09. The summed E-state index contributed by atoms with van der Waals surface area (Å²) in [5.74, 6) is -0.663. The zero-order valence-corrected chi connectivity index (χ0v) is 21.3. The first-order valence-electron chi connectivity index (χ1n) is 12.5. The standard InChI is InChI=1S/C26H39N3O6/c1-5-34-22(30)18-26(33)12-10-19(11-13-26)23(31)27-20-6-8-21(9-7-20)28-14-16-29(17-15-28)24(32)35-25(2,3)4/h6-9,19,33H,5,10-18H2,1-4H3,(H,27,31)/t19-,26-. The molecule has 1 aromatic rings. The predicted octanol–water partition coefficient (Wildman–Crippen LogP) is 3.56. The number of hydrogen-bond donors (Lipinski definition) is 2. The Kier molecular flexibility index (Phi) is 8.64. The summed E-state index contributed by atoms with van der Waals surface area (Å²) in [5, 5.41) is 13.6. The maximum absolute atomic E-state index is 12.7. The predicted molar refractivity (Wildman–Crippen MR) is 133 cm³/mol. The third kappa shape index (κ3) is 7.85. The lowest BCUT2D eigenvalue weighted by Crippen LogP contribution is -2.50. The topological polar surface area (TPSA) is 108 Å². The average Bonchev–Trinajstić information content (AvgIpc) is 2.79. The molecule has 9 heteroatoms. The Balaban J connectivity index is 1.45. The van der Waals surface area contributed by atoms with E-state index in [2.05, 4.69) is 10.2 Å². The SMILES string of the molecule is CCOC(=O)C[C@]1(O)CC[C@H](C(=O)Nc2ccc(N3CCN(C(=O)OC(C)(C)C)CC3)cc2)CC1. The van der Waals surface area contributed by atoms with Crippen LogP contribution in [0, 0.1) is 5.92 Å². The summed E-state index contributed by atoms with van der Waals surface area (Å²) in [4.78, 5) is 40.7. The van der Waals surface area contributed by atoms with E-state index in [1.54, 1.807) is 11.8 Å². The van der Waals surface area contributed by atoms with Gasteiger partial charge in [-0.25, -0.2) is 4.79 Å². The maximum atomic E-state index is 12.7. The number of piperazine rings is 1. The van der Waals surface area contributed by atoms with Crippen molar-refractivity contribution in [2.24, 2.45) is 5.92 Å². The van der Waals surface area contributed by atoms with Gasteiger partial charge < -0.3 is 29.7 Å². The Morgan fingerprint density at radius 1 is 1.06 bits per heavy atom. The van der Waals surface area contributed by atoms with E-state index in [9.17, 15) is 19.5 Å². The van der Waals surface area contributed by atoms with Gasteiger partial charge in [0, 0.05) is 43.5 Å². The molecule has 0 aromatic heterocycles. The molecular formula is C26H39N3O6. The smallest absolute Gasteiger partial charge is 0.410 e. The second-order valence-corrected chi connectivity index (χ2v) is 10.5. The number of nitrogens with one attached hydrogen (secondary N) is 1. The zero-order valence-electron chi connectivity index (χ0n) is 21.3. The van der Waals surface area contributed by atoms with Crippen molar-refractivity contribution < 1.29 is 29.0 Å². The molecule has 1 heterocycles. The second-order valence-electron chi connectivity index (χ2n) is 10.5. The molecule has 1 aliphatic carbocycles. The van der Waals surface area contributed by atoms with Gasteiger partial charge in [-0.2, -0.15) is 0 Å². The average molecular weight is 490 g/mol. The molecular weight excluding hydrogens is 450 g/mol. The molecule has 35 heavy (non-hydrogen) atoms. The highest BCUT2D eigenvalue weighted by atomic mass is 16.6. The van der Waals surface area contributed by atoms with Gasteiger partial charge in [-0.1, -0.05) is 0 Å². The van der Waals surface area contributed by atoms with Gasteiger partial charge in [0.2, 0.25) is 5.91 Å². The number of carbonyl (C=O) groups excluding carboxylic acids is 3. The van der Waals surface area contributed by atoms with Crippen LogP contribution in [-0.2, 0) is 19.1 Å². The number of benzene rings is 1. The quantitative estimate of drug-likeness (QED) is 0.588. The van der Waals surface area contributed by atoms with Crippen molar-refractivity contribution in [3.05, 3.63) is 24.3 Å². The van der Waals surface area contributed by atoms with Gasteiger partial charge in [-0.3, -0.25) is 9.59 Å². The molecule has 9 nitrogen and oxygen atoms in total. The number of anilines is 2. The van der Waals surface area contributed by atoms with Gasteiger partial charge in [0.05, 0.1) is 18.6 Å². The number of ether oxygens (including phenoxy) is 2. The van der Waals surface area contributed by atoms with Crippen LogP contribution < -0.4 is 10.2 Å². The molecule has 0 unspecified atom stereocenters. The molecule has 2 amide bonds. The molecule has 1 aromatic carbocycles. The first-order valence-corrected chi connectivity index (χ1v) is 12.5. The van der Waals surface area contributed by atoms with E-state index in [-0.39, 0.29) is 24.3 Å². The molecule has 0 radical (unpaired) electrons. The van der Waals surface area contributed by atoms with E-state index in [0.717, 1.165) is 11.4 Å². The van der Waals surface area contributed by atoms with Crippen LogP contribution in [0.15, 0.2) is 24.3 Å². The summed E-state index contributed by atoms with van der Waals surface area (Å²) in [5.41, 5.74) is 0.167. The van der Waals surface area contributed by atoms with Gasteiger partial charge in [0.1, 0.15) is 5.60 Å². The lowest BCUT2D eigenvalue weighted by Gasteiger charge is -2.36. The van der Waals surface area contributed by atoms with Crippen LogP contribution in [0.2, 0.25) is 0 Å². The van der Waals surface area contributed by atoms with Crippen molar-refractivity contribution in [3.63, 3.8) is 0 Å². The lowest BCUT2D eigenvalue weighted by atomic mass is 9.77. The zero-order chi connectivity index (χ0) is 25.6. The molecule has 0 bridgehead atoms. The van der Waals surface area contributed by atoms with Gasteiger partial charge in [0.25, 0.3) is 0 Å². The maximum Gasteiger partial charge on any atom is 0.410 e. The summed E-state index contributed by atoms with van der Waals surface area (Å²) in [6.45, 7) is 10.2. The summed E-state index contributed by atoms with van der Waals surface area (Å²) >= 11 is 0. The van der Waals surface area contributed by atoms with E-state index in [1.165, 1.54) is 0 Å². The Morgan fingerprint density at radius 2 is 1.66 bits per heavy atom. The van der Waals surface area contributed by atoms with Crippen molar-refractivity contribution in [1.82, 2.24) is 4.90 Å². The summed E-state index contributed by atoms with van der Waals surface area (Å²) in [6, 6.07) is 7.70. The van der Waals surface area contributed by atoms with Crippen LogP contribution in [0.3, 0.4) is 0 Å². The third-order valence-electron chi connectivity index (χ3n) is 6.50. The Hall–Kier alpha value is -2.81. The van der Waals surface area contributed by atoms with E-state index in [4.69, 9.17) is 9.47 Å². The molecule has 2 fully saturated rings. The molecule has 2 aliphatic rings. The Bertz CT molecular complexity index is 879. The molecule has 1 saturated carbocycles. The first kappa shape index (κ1) is 26.8. The van der Waals surface area contributed by atoms with Crippen LogP contribution in [-0.4, -0.2) is 72.0 Å². The third-order valence-corrected chi connectivity index (χ3v) is 6.50. The minimum Gasteiger partial charge on any atom is -0.466 e. The van der Waals surface area contributed by atoms with Crippen LogP contribution in [0.25, 0.3) is 0 Å². The highest BCUT2D eigenvalue weighted by Gasteiger charge is 2.37. The number of rotatable bonds is 6. The highest BCUT2D eigenvalue weighted by molar-refractivity contribution is 5.92. The largest absolute Gasteiger partial charge is 0.466 e. The van der Waals surface area contributed by atoms with Crippen LogP contribution in [0.5, 0.6) is 0 Å². The van der Waals surface area contributed by atoms with E-state index in [1.807, 2.05) is 45.0 Å². The van der Waals surface area contributed by atoms with Crippen LogP contribution >= 0.6 is 0 Å². The van der Waals surface area contributed by atoms with E-state index >= 15 is 0 Å². The summed E-state index contributed by atoms with van der Waals surface area (Å²) < 4.78 is 10.4. The molecule has 2 N–H and O–H groups in total. The van der Waals surface area contributed by atoms with Gasteiger partial charge >= 0.3 is 12.1 Å². The molecule has 1 aliphatic heterocycles. The number of hydrogen-bond acceptors (Lipinski definition) is 7. The number of aliphatic hydroxyl groups is 1. The normalized spacial score (nSPS) is 22.9. The molecule has 0 atom stereocenters. The molecule has 3 rings (SSSR count). The Labute approximate surface area is 207 Å². The van der Waals surface area contributed by atoms with Gasteiger partial charge in [-0.15, -0.1) is 0 Å². The van der Waals surface area contributed by atoms with Crippen molar-refractivity contribution in [2.45, 2.75) is 71.0 Å². The molecule has 0 spiro atoms. The number of amides is 2. The fourth-order valence-electron chi connectivity index (χ4n) is 4.55. The van der Waals surface area contributed by atoms with Crippen LogP contribution in [0.4, 0.5) is 16.2 Å². The number of carbonyl (C=O) groups is 3. The van der Waals surface area contributed by atoms with Crippen molar-refractivity contribution in [3.8, 4) is 0 Å². The van der Waals surface area contributed by atoms with Gasteiger partial charge in [-0.05, 0) is 77.6 Å². The lowest BCUT2D eigenvalue weighted by molar-refractivity contribution is -0.150. The molecule has 1 saturated heterocycles. The van der Waals surface area contributed by atoms with E-state index in [0.29, 0.717) is 58.5 Å². The van der Waals surface area contributed by atoms with E-state index < -0.39 is 17.2 Å². The fourth-order valence-corrected chi connectivity index (χ4v) is 4.55. The number of esters is 1. The van der Waals surface area contributed by atoms with Crippen molar-refractivity contribution in [2.75, 3.05) is 43.0 Å². The van der Waals surface area contributed by atoms with Crippen molar-refractivity contribution >= 4 is 29.3 Å². The highest BCUT2D eigenvalue weighted by Crippen LogP contribution is 2.35.